The van der Waals surface area contributed by atoms with Crippen molar-refractivity contribution in [3.63, 3.8) is 0 Å². The van der Waals surface area contributed by atoms with Crippen LogP contribution in [-0.2, 0) is 9.47 Å². The molecule has 0 radical (unpaired) electrons. The number of ether oxygens (including phenoxy) is 2. The van der Waals surface area contributed by atoms with Gasteiger partial charge in [-0.2, -0.15) is 0 Å². The molecule has 0 saturated heterocycles. The minimum absolute atomic E-state index is 0.0855. The van der Waals surface area contributed by atoms with E-state index in [1.54, 1.807) is 0 Å². The SMILES string of the molecule is CC(C)CCOCC(CCC(Cl)(CC(C)C)CC(C)C)(COCCC(C)C)C1CCC(C)CC1. The molecule has 34 heavy (non-hydrogen) atoms. The average Bonchev–Trinajstić information content (AvgIpc) is 2.71. The molecule has 204 valence electrons. The third-order valence-electron chi connectivity index (χ3n) is 7.96. The molecule has 0 atom stereocenters. The van der Waals surface area contributed by atoms with Crippen LogP contribution in [0.25, 0.3) is 0 Å². The average molecular weight is 501 g/mol. The van der Waals surface area contributed by atoms with Crippen molar-refractivity contribution in [3.05, 3.63) is 0 Å². The number of rotatable bonds is 18. The molecule has 0 spiro atoms. The van der Waals surface area contributed by atoms with Crippen molar-refractivity contribution < 1.29 is 9.47 Å². The maximum atomic E-state index is 7.42. The van der Waals surface area contributed by atoms with Gasteiger partial charge in [0.05, 0.1) is 13.2 Å². The second-order valence-corrected chi connectivity index (χ2v) is 14.4. The third-order valence-corrected chi connectivity index (χ3v) is 8.46. The molecule has 1 rings (SSSR count). The van der Waals surface area contributed by atoms with Crippen molar-refractivity contribution in [2.45, 2.75) is 131 Å². The lowest BCUT2D eigenvalue weighted by Crippen LogP contribution is -2.43. The highest BCUT2D eigenvalue weighted by atomic mass is 35.5. The van der Waals surface area contributed by atoms with Crippen LogP contribution < -0.4 is 0 Å². The molecule has 0 N–H and O–H groups in total. The Morgan fingerprint density at radius 3 is 1.50 bits per heavy atom. The molecular formula is C31H61ClO2. The van der Waals surface area contributed by atoms with Crippen LogP contribution in [0.15, 0.2) is 0 Å². The molecule has 0 heterocycles. The topological polar surface area (TPSA) is 18.5 Å². The quantitative estimate of drug-likeness (QED) is 0.138. The Bertz CT molecular complexity index is 480. The van der Waals surface area contributed by atoms with Crippen LogP contribution in [0.3, 0.4) is 0 Å². The fourth-order valence-electron chi connectivity index (χ4n) is 5.91. The summed E-state index contributed by atoms with van der Waals surface area (Å²) < 4.78 is 12.9. The van der Waals surface area contributed by atoms with Gasteiger partial charge < -0.3 is 9.47 Å². The molecule has 0 aromatic rings. The Balaban J connectivity index is 3.10. The molecule has 0 aromatic carbocycles. The van der Waals surface area contributed by atoms with Crippen molar-refractivity contribution in [1.29, 1.82) is 0 Å². The smallest absolute Gasteiger partial charge is 0.0547 e. The summed E-state index contributed by atoms with van der Waals surface area (Å²) in [5.74, 6) is 4.13. The Hall–Kier alpha value is 0.210. The Kier molecular flexibility index (Phi) is 15.3. The van der Waals surface area contributed by atoms with Crippen molar-refractivity contribution in [2.75, 3.05) is 26.4 Å². The predicted octanol–water partition coefficient (Wildman–Crippen LogP) is 9.77. The highest BCUT2D eigenvalue weighted by Gasteiger charge is 2.43. The largest absolute Gasteiger partial charge is 0.381 e. The summed E-state index contributed by atoms with van der Waals surface area (Å²) in [6.07, 6.45) is 11.9. The molecule has 3 heteroatoms. The van der Waals surface area contributed by atoms with Crippen LogP contribution in [-0.4, -0.2) is 31.3 Å². The van der Waals surface area contributed by atoms with Gasteiger partial charge in [0.2, 0.25) is 0 Å². The fraction of sp³-hybridized carbons (Fsp3) is 1.00. The van der Waals surface area contributed by atoms with Crippen LogP contribution in [0.1, 0.15) is 127 Å². The summed E-state index contributed by atoms with van der Waals surface area (Å²) in [4.78, 5) is -0.120. The summed E-state index contributed by atoms with van der Waals surface area (Å²) in [7, 11) is 0. The second kappa shape index (κ2) is 16.1. The Morgan fingerprint density at radius 1 is 0.676 bits per heavy atom. The van der Waals surface area contributed by atoms with E-state index in [-0.39, 0.29) is 10.3 Å². The molecular weight excluding hydrogens is 440 g/mol. The summed E-state index contributed by atoms with van der Waals surface area (Å²) in [6, 6.07) is 0. The lowest BCUT2D eigenvalue weighted by Gasteiger charge is -2.45. The monoisotopic (exact) mass is 500 g/mol. The normalized spacial score (nSPS) is 20.3. The standard InChI is InChI=1S/C31H61ClO2/c1-24(2)14-18-33-22-30(23-34-19-15-25(3)4,29-12-10-28(9)11-13-29)16-17-31(32,20-26(5)6)21-27(7)8/h24-29H,10-23H2,1-9H3. The van der Waals surface area contributed by atoms with Crippen molar-refractivity contribution in [2.24, 2.45) is 40.9 Å². The Labute approximate surface area is 219 Å². The highest BCUT2D eigenvalue weighted by molar-refractivity contribution is 6.23. The molecule has 0 unspecified atom stereocenters. The molecule has 1 saturated carbocycles. The minimum atomic E-state index is -0.120. The number of hydrogen-bond donors (Lipinski definition) is 0. The van der Waals surface area contributed by atoms with Crippen LogP contribution in [0, 0.1) is 40.9 Å². The first kappa shape index (κ1) is 32.2. The lowest BCUT2D eigenvalue weighted by atomic mass is 9.64. The third kappa shape index (κ3) is 13.0. The second-order valence-electron chi connectivity index (χ2n) is 13.6. The zero-order chi connectivity index (χ0) is 25.8. The van der Waals surface area contributed by atoms with E-state index in [0.29, 0.717) is 29.6 Å². The first-order chi connectivity index (χ1) is 15.9. The van der Waals surface area contributed by atoms with Crippen molar-refractivity contribution >= 4 is 11.6 Å². The first-order valence-electron chi connectivity index (χ1n) is 14.7. The van der Waals surface area contributed by atoms with E-state index in [1.807, 2.05) is 0 Å². The molecule has 2 nitrogen and oxygen atoms in total. The molecule has 1 aliphatic carbocycles. The van der Waals surface area contributed by atoms with E-state index in [2.05, 4.69) is 62.3 Å². The first-order valence-corrected chi connectivity index (χ1v) is 15.1. The van der Waals surface area contributed by atoms with Crippen LogP contribution in [0.4, 0.5) is 0 Å². The molecule has 0 aromatic heterocycles. The zero-order valence-corrected chi connectivity index (χ0v) is 25.3. The molecule has 0 aliphatic heterocycles. The van der Waals surface area contributed by atoms with Gasteiger partial charge in [-0.25, -0.2) is 0 Å². The summed E-state index contributed by atoms with van der Waals surface area (Å²) in [5, 5.41) is 0. The maximum Gasteiger partial charge on any atom is 0.0547 e. The van der Waals surface area contributed by atoms with Crippen LogP contribution in [0.2, 0.25) is 0 Å². The van der Waals surface area contributed by atoms with Crippen LogP contribution >= 0.6 is 11.6 Å². The van der Waals surface area contributed by atoms with E-state index in [4.69, 9.17) is 21.1 Å². The lowest BCUT2D eigenvalue weighted by molar-refractivity contribution is -0.0770. The summed E-state index contributed by atoms with van der Waals surface area (Å²) in [6.45, 7) is 24.2. The fourth-order valence-corrected chi connectivity index (χ4v) is 6.62. The van der Waals surface area contributed by atoms with Crippen molar-refractivity contribution in [1.82, 2.24) is 0 Å². The Morgan fingerprint density at radius 2 is 1.12 bits per heavy atom. The zero-order valence-electron chi connectivity index (χ0n) is 24.6. The van der Waals surface area contributed by atoms with Gasteiger partial charge in [-0.15, -0.1) is 11.6 Å². The van der Waals surface area contributed by atoms with E-state index in [9.17, 15) is 0 Å². The van der Waals surface area contributed by atoms with Gasteiger partial charge in [0.25, 0.3) is 0 Å². The number of hydrogen-bond acceptors (Lipinski definition) is 2. The predicted molar refractivity (Wildman–Crippen MR) is 151 cm³/mol. The van der Waals surface area contributed by atoms with Gasteiger partial charge in [-0.1, -0.05) is 75.2 Å². The van der Waals surface area contributed by atoms with Gasteiger partial charge in [-0.3, -0.25) is 0 Å². The number of halogens is 1. The van der Waals surface area contributed by atoms with Gasteiger partial charge in [-0.05, 0) is 86.9 Å². The van der Waals surface area contributed by atoms with Gasteiger partial charge in [0.15, 0.2) is 0 Å². The van der Waals surface area contributed by atoms with Gasteiger partial charge in [0, 0.05) is 23.5 Å². The van der Waals surface area contributed by atoms with E-state index in [0.717, 1.165) is 70.9 Å². The molecule has 0 bridgehead atoms. The van der Waals surface area contributed by atoms with Gasteiger partial charge >= 0.3 is 0 Å². The number of alkyl halides is 1. The molecule has 0 amide bonds. The maximum absolute atomic E-state index is 7.42. The van der Waals surface area contributed by atoms with Gasteiger partial charge in [0.1, 0.15) is 0 Å². The van der Waals surface area contributed by atoms with E-state index < -0.39 is 0 Å². The molecule has 1 aliphatic rings. The van der Waals surface area contributed by atoms with E-state index >= 15 is 0 Å². The summed E-state index contributed by atoms with van der Waals surface area (Å²) in [5.41, 5.74) is 0.0855. The highest BCUT2D eigenvalue weighted by Crippen LogP contribution is 2.47. The molecule has 1 fully saturated rings. The summed E-state index contributed by atoms with van der Waals surface area (Å²) >= 11 is 7.42. The van der Waals surface area contributed by atoms with E-state index in [1.165, 1.54) is 25.7 Å². The van der Waals surface area contributed by atoms with Crippen molar-refractivity contribution in [3.8, 4) is 0 Å². The minimum Gasteiger partial charge on any atom is -0.381 e. The van der Waals surface area contributed by atoms with Crippen LogP contribution in [0.5, 0.6) is 0 Å².